The van der Waals surface area contributed by atoms with Gasteiger partial charge in [-0.2, -0.15) is 0 Å². The Bertz CT molecular complexity index is 1420. The maximum atomic E-state index is 14.2. The second-order valence-electron chi connectivity index (χ2n) is 9.58. The Morgan fingerprint density at radius 1 is 0.902 bits per heavy atom. The molecule has 3 rings (SSSR count). The molecule has 3 aromatic carbocycles. The first kappa shape index (κ1) is 32.0. The van der Waals surface area contributed by atoms with E-state index in [4.69, 9.17) is 16.3 Å². The van der Waals surface area contributed by atoms with Gasteiger partial charge in [0.15, 0.2) is 0 Å². The van der Waals surface area contributed by atoms with Gasteiger partial charge in [0.2, 0.25) is 11.8 Å². The van der Waals surface area contributed by atoms with Gasteiger partial charge in [0.05, 0.1) is 17.2 Å². The average Bonchev–Trinajstić information content (AvgIpc) is 2.97. The number of nitrogens with one attached hydrogen (secondary N) is 1. The Hall–Kier alpha value is -3.56. The Morgan fingerprint density at radius 2 is 1.54 bits per heavy atom. The van der Waals surface area contributed by atoms with Crippen LogP contribution in [-0.2, 0) is 26.2 Å². The molecule has 10 heteroatoms. The number of hydrogen-bond donors (Lipinski definition) is 1. The van der Waals surface area contributed by atoms with Gasteiger partial charge in [0.1, 0.15) is 18.3 Å². The summed E-state index contributed by atoms with van der Waals surface area (Å²) >= 11 is 6.46. The van der Waals surface area contributed by atoms with Crippen molar-refractivity contribution < 1.29 is 22.7 Å². The number of rotatable bonds is 14. The monoisotopic (exact) mass is 599 g/mol. The number of benzene rings is 3. The molecular weight excluding hydrogens is 562 g/mol. The van der Waals surface area contributed by atoms with Crippen LogP contribution >= 0.6 is 11.6 Å². The molecule has 0 aliphatic carbocycles. The van der Waals surface area contributed by atoms with E-state index >= 15 is 0 Å². The lowest BCUT2D eigenvalue weighted by atomic mass is 10.1. The van der Waals surface area contributed by atoms with Crippen LogP contribution in [0.5, 0.6) is 5.75 Å². The highest BCUT2D eigenvalue weighted by Gasteiger charge is 2.35. The normalized spacial score (nSPS) is 12.7. The third-order valence-electron chi connectivity index (χ3n) is 6.73. The highest BCUT2D eigenvalue weighted by molar-refractivity contribution is 7.92. The van der Waals surface area contributed by atoms with Gasteiger partial charge in [0, 0.05) is 17.6 Å². The number of hydrogen-bond acceptors (Lipinski definition) is 5. The highest BCUT2D eigenvalue weighted by Crippen LogP contribution is 2.33. The van der Waals surface area contributed by atoms with Crippen molar-refractivity contribution in [1.29, 1.82) is 0 Å². The zero-order chi connectivity index (χ0) is 30.0. The van der Waals surface area contributed by atoms with Crippen molar-refractivity contribution in [2.75, 3.05) is 17.5 Å². The van der Waals surface area contributed by atoms with E-state index in [-0.39, 0.29) is 29.1 Å². The van der Waals surface area contributed by atoms with Crippen LogP contribution in [0.2, 0.25) is 5.02 Å². The Labute approximate surface area is 248 Å². The van der Waals surface area contributed by atoms with Gasteiger partial charge in [-0.25, -0.2) is 8.42 Å². The van der Waals surface area contributed by atoms with E-state index in [0.29, 0.717) is 29.4 Å². The van der Waals surface area contributed by atoms with E-state index < -0.39 is 28.5 Å². The van der Waals surface area contributed by atoms with Gasteiger partial charge in [-0.15, -0.1) is 0 Å². The summed E-state index contributed by atoms with van der Waals surface area (Å²) in [6.07, 6.45) is 1.04. The minimum atomic E-state index is -4.20. The quantitative estimate of drug-likeness (QED) is 0.258. The first-order valence-corrected chi connectivity index (χ1v) is 15.6. The standard InChI is InChI=1S/C31H38ClN3O5S/c1-5-23(4)33-31(37)27(6-2)34(21-24-15-11-12-18-26(24)32)30(36)22-35(28-19-13-14-20-29(28)40-7-3)41(38,39)25-16-9-8-10-17-25/h8-20,23,27H,5-7,21-22H2,1-4H3,(H,33,37)/t23-,27+/m0/s1. The molecule has 0 saturated carbocycles. The van der Waals surface area contributed by atoms with E-state index in [1.807, 2.05) is 20.8 Å². The highest BCUT2D eigenvalue weighted by atomic mass is 35.5. The van der Waals surface area contributed by atoms with Gasteiger partial charge in [-0.1, -0.05) is 74.0 Å². The molecule has 0 radical (unpaired) electrons. The maximum Gasteiger partial charge on any atom is 0.264 e. The zero-order valence-corrected chi connectivity index (χ0v) is 25.5. The number of halogens is 1. The molecule has 0 aliphatic rings. The summed E-state index contributed by atoms with van der Waals surface area (Å²) in [5.41, 5.74) is 0.867. The Balaban J connectivity index is 2.11. The van der Waals surface area contributed by atoms with Gasteiger partial charge in [-0.3, -0.25) is 13.9 Å². The van der Waals surface area contributed by atoms with Gasteiger partial charge >= 0.3 is 0 Å². The van der Waals surface area contributed by atoms with Crippen LogP contribution in [0.4, 0.5) is 5.69 Å². The first-order chi connectivity index (χ1) is 19.6. The van der Waals surface area contributed by atoms with Gasteiger partial charge < -0.3 is 15.0 Å². The fraction of sp³-hybridized carbons (Fsp3) is 0.355. The topological polar surface area (TPSA) is 96.0 Å². The van der Waals surface area contributed by atoms with Crippen LogP contribution < -0.4 is 14.4 Å². The summed E-state index contributed by atoms with van der Waals surface area (Å²) in [5.74, 6) is -0.544. The molecule has 0 unspecified atom stereocenters. The third kappa shape index (κ3) is 8.01. The van der Waals surface area contributed by atoms with E-state index in [1.54, 1.807) is 73.7 Å². The van der Waals surface area contributed by atoms with Crippen molar-refractivity contribution in [2.24, 2.45) is 0 Å². The zero-order valence-electron chi connectivity index (χ0n) is 23.9. The fourth-order valence-corrected chi connectivity index (χ4v) is 5.99. The predicted molar refractivity (Wildman–Crippen MR) is 163 cm³/mol. The molecule has 8 nitrogen and oxygen atoms in total. The smallest absolute Gasteiger partial charge is 0.264 e. The van der Waals surface area contributed by atoms with Crippen LogP contribution in [0, 0.1) is 0 Å². The van der Waals surface area contributed by atoms with Crippen LogP contribution in [0.3, 0.4) is 0 Å². The average molecular weight is 600 g/mol. The number of carbonyl (C=O) groups excluding carboxylic acids is 2. The number of para-hydroxylation sites is 2. The summed E-state index contributed by atoms with van der Waals surface area (Å²) in [7, 11) is -4.20. The van der Waals surface area contributed by atoms with Crippen LogP contribution in [0.25, 0.3) is 0 Å². The number of anilines is 1. The molecule has 0 saturated heterocycles. The Kier molecular flexibility index (Phi) is 11.6. The molecule has 1 N–H and O–H groups in total. The molecule has 0 aliphatic heterocycles. The molecule has 0 bridgehead atoms. The van der Waals surface area contributed by atoms with Gasteiger partial charge in [-0.05, 0) is 62.6 Å². The lowest BCUT2D eigenvalue weighted by Crippen LogP contribution is -2.53. The number of nitrogens with zero attached hydrogens (tertiary/aromatic N) is 2. The molecule has 41 heavy (non-hydrogen) atoms. The van der Waals surface area contributed by atoms with Crippen molar-refractivity contribution in [3.05, 3.63) is 89.4 Å². The summed E-state index contributed by atoms with van der Waals surface area (Å²) in [6.45, 7) is 7.23. The molecule has 2 atom stereocenters. The van der Waals surface area contributed by atoms with Crippen molar-refractivity contribution in [1.82, 2.24) is 10.2 Å². The van der Waals surface area contributed by atoms with Crippen molar-refractivity contribution >= 4 is 39.1 Å². The van der Waals surface area contributed by atoms with Gasteiger partial charge in [0.25, 0.3) is 10.0 Å². The van der Waals surface area contributed by atoms with Crippen LogP contribution in [-0.4, -0.2) is 50.4 Å². The maximum absolute atomic E-state index is 14.2. The molecule has 0 spiro atoms. The van der Waals surface area contributed by atoms with Crippen molar-refractivity contribution in [2.45, 2.75) is 64.1 Å². The molecule has 0 aromatic heterocycles. The third-order valence-corrected chi connectivity index (χ3v) is 8.87. The SMILES string of the molecule is CCOc1ccccc1N(CC(=O)N(Cc1ccccc1Cl)[C@H](CC)C(=O)N[C@@H](C)CC)S(=O)(=O)c1ccccc1. The molecule has 220 valence electrons. The van der Waals surface area contributed by atoms with Crippen molar-refractivity contribution in [3.63, 3.8) is 0 Å². The number of amides is 2. The lowest BCUT2D eigenvalue weighted by Gasteiger charge is -2.34. The fourth-order valence-electron chi connectivity index (χ4n) is 4.34. The summed E-state index contributed by atoms with van der Waals surface area (Å²) in [5, 5.41) is 3.41. The van der Waals surface area contributed by atoms with Crippen LogP contribution in [0.1, 0.15) is 46.1 Å². The van der Waals surface area contributed by atoms with E-state index in [2.05, 4.69) is 5.32 Å². The molecule has 2 amide bonds. The molecule has 3 aromatic rings. The summed E-state index contributed by atoms with van der Waals surface area (Å²) < 4.78 is 34.8. The van der Waals surface area contributed by atoms with Crippen LogP contribution in [0.15, 0.2) is 83.8 Å². The first-order valence-electron chi connectivity index (χ1n) is 13.8. The lowest BCUT2D eigenvalue weighted by molar-refractivity contribution is -0.140. The Morgan fingerprint density at radius 3 is 2.17 bits per heavy atom. The van der Waals surface area contributed by atoms with E-state index in [1.165, 1.54) is 17.0 Å². The summed E-state index contributed by atoms with van der Waals surface area (Å²) in [6, 6.07) is 20.7. The second-order valence-corrected chi connectivity index (χ2v) is 11.8. The van der Waals surface area contributed by atoms with E-state index in [9.17, 15) is 18.0 Å². The number of ether oxygens (including phenoxy) is 1. The molecule has 0 heterocycles. The molecule has 0 fully saturated rings. The second kappa shape index (κ2) is 14.9. The minimum Gasteiger partial charge on any atom is -0.492 e. The number of sulfonamides is 1. The largest absolute Gasteiger partial charge is 0.492 e. The summed E-state index contributed by atoms with van der Waals surface area (Å²) in [4.78, 5) is 29.0. The van der Waals surface area contributed by atoms with E-state index in [0.717, 1.165) is 10.7 Å². The molecular formula is C31H38ClN3O5S. The minimum absolute atomic E-state index is 0.0251. The van der Waals surface area contributed by atoms with Crippen molar-refractivity contribution in [3.8, 4) is 5.75 Å². The predicted octanol–water partition coefficient (Wildman–Crippen LogP) is 5.66. The number of carbonyl (C=O) groups is 2.